The molecule has 0 radical (unpaired) electrons. The average molecular weight is 368 g/mol. The molecule has 9 heteroatoms. The van der Waals surface area contributed by atoms with Crippen molar-refractivity contribution in [3.8, 4) is 0 Å². The van der Waals surface area contributed by atoms with Crippen molar-refractivity contribution < 1.29 is 14.4 Å². The molecule has 2 heterocycles. The normalized spacial score (nSPS) is 16.1. The quantitative estimate of drug-likeness (QED) is 0.471. The Balaban J connectivity index is 1.40. The minimum Gasteiger partial charge on any atom is -0.354 e. The number of aromatic nitrogens is 2. The lowest BCUT2D eigenvalue weighted by Gasteiger charge is -2.12. The zero-order chi connectivity index (χ0) is 19.1. The van der Waals surface area contributed by atoms with Gasteiger partial charge in [-0.15, -0.1) is 0 Å². The summed E-state index contributed by atoms with van der Waals surface area (Å²) in [6.45, 7) is 0.884. The Kier molecular flexibility index (Phi) is 5.93. The van der Waals surface area contributed by atoms with Crippen LogP contribution in [0, 0.1) is 0 Å². The molecule has 0 spiro atoms. The molecule has 1 unspecified atom stereocenters. The second-order valence-corrected chi connectivity index (χ2v) is 5.90. The summed E-state index contributed by atoms with van der Waals surface area (Å²) in [7, 11) is 0. The highest BCUT2D eigenvalue weighted by Gasteiger charge is 2.38. The Bertz CT molecular complexity index is 799. The van der Waals surface area contributed by atoms with Crippen molar-refractivity contribution in [2.75, 3.05) is 23.3 Å². The van der Waals surface area contributed by atoms with Crippen LogP contribution in [0.2, 0.25) is 0 Å². The van der Waals surface area contributed by atoms with Crippen LogP contribution in [0.1, 0.15) is 12.8 Å². The smallest absolute Gasteiger partial charge is 0.329 e. The van der Waals surface area contributed by atoms with Gasteiger partial charge in [-0.3, -0.25) is 9.59 Å². The second kappa shape index (κ2) is 8.75. The standard InChI is InChI=1S/C18H20N6O3/c25-15(19-11-12-22-17-20-9-4-10-21-17)8-7-14-16(26)24(18(27)23-14)13-5-2-1-3-6-13/h1-6,9-10,14H,7-8,11-12H2,(H,19,25)(H,23,27)(H,20,21,22). The molecule has 0 aliphatic carbocycles. The first-order valence-corrected chi connectivity index (χ1v) is 8.62. The Morgan fingerprint density at radius 2 is 1.81 bits per heavy atom. The van der Waals surface area contributed by atoms with E-state index in [0.29, 0.717) is 24.7 Å². The van der Waals surface area contributed by atoms with Crippen LogP contribution in [0.3, 0.4) is 0 Å². The Labute approximate surface area is 156 Å². The lowest BCUT2D eigenvalue weighted by atomic mass is 10.1. The molecule has 27 heavy (non-hydrogen) atoms. The van der Waals surface area contributed by atoms with E-state index < -0.39 is 12.1 Å². The van der Waals surface area contributed by atoms with Crippen LogP contribution < -0.4 is 20.9 Å². The summed E-state index contributed by atoms with van der Waals surface area (Å²) in [6.07, 6.45) is 3.63. The monoisotopic (exact) mass is 368 g/mol. The highest BCUT2D eigenvalue weighted by atomic mass is 16.2. The van der Waals surface area contributed by atoms with Crippen molar-refractivity contribution in [2.45, 2.75) is 18.9 Å². The molecule has 1 aliphatic rings. The zero-order valence-electron chi connectivity index (χ0n) is 14.6. The molecule has 140 valence electrons. The number of benzene rings is 1. The van der Waals surface area contributed by atoms with Crippen LogP contribution in [0.25, 0.3) is 0 Å². The maximum atomic E-state index is 12.4. The van der Waals surface area contributed by atoms with Crippen molar-refractivity contribution in [3.63, 3.8) is 0 Å². The molecule has 0 bridgehead atoms. The molecule has 9 nitrogen and oxygen atoms in total. The van der Waals surface area contributed by atoms with Crippen LogP contribution >= 0.6 is 0 Å². The molecular weight excluding hydrogens is 348 g/mol. The minimum atomic E-state index is -0.695. The van der Waals surface area contributed by atoms with E-state index >= 15 is 0 Å². The van der Waals surface area contributed by atoms with Gasteiger partial charge in [-0.25, -0.2) is 19.7 Å². The van der Waals surface area contributed by atoms with Gasteiger partial charge in [0.2, 0.25) is 11.9 Å². The van der Waals surface area contributed by atoms with Crippen LogP contribution in [0.15, 0.2) is 48.8 Å². The number of nitrogens with one attached hydrogen (secondary N) is 3. The molecule has 1 atom stereocenters. The third-order valence-electron chi connectivity index (χ3n) is 3.99. The molecule has 0 saturated carbocycles. The first-order chi connectivity index (χ1) is 13.1. The van der Waals surface area contributed by atoms with E-state index in [4.69, 9.17) is 0 Å². The third-order valence-corrected chi connectivity index (χ3v) is 3.99. The molecule has 4 amide bonds. The van der Waals surface area contributed by atoms with E-state index in [1.165, 1.54) is 0 Å². The summed E-state index contributed by atoms with van der Waals surface area (Å²) in [5, 5.41) is 8.36. The first kappa shape index (κ1) is 18.3. The van der Waals surface area contributed by atoms with Crippen LogP contribution in [0.4, 0.5) is 16.4 Å². The number of imide groups is 1. The largest absolute Gasteiger partial charge is 0.354 e. The lowest BCUT2D eigenvalue weighted by molar-refractivity contribution is -0.121. The number of anilines is 2. The van der Waals surface area contributed by atoms with Gasteiger partial charge in [-0.2, -0.15) is 0 Å². The molecular formula is C18H20N6O3. The van der Waals surface area contributed by atoms with Gasteiger partial charge in [0.25, 0.3) is 5.91 Å². The number of para-hydroxylation sites is 1. The number of urea groups is 1. The van der Waals surface area contributed by atoms with E-state index in [-0.39, 0.29) is 24.7 Å². The van der Waals surface area contributed by atoms with Crippen molar-refractivity contribution in [2.24, 2.45) is 0 Å². The molecule has 1 aromatic heterocycles. The van der Waals surface area contributed by atoms with Crippen molar-refractivity contribution in [1.29, 1.82) is 0 Å². The number of carbonyl (C=O) groups excluding carboxylic acids is 3. The van der Waals surface area contributed by atoms with Gasteiger partial charge in [0.15, 0.2) is 0 Å². The summed E-state index contributed by atoms with van der Waals surface area (Å²) in [4.78, 5) is 45.6. The molecule has 1 aliphatic heterocycles. The molecule has 1 aromatic carbocycles. The topological polar surface area (TPSA) is 116 Å². The number of rotatable bonds is 8. The van der Waals surface area contributed by atoms with Crippen molar-refractivity contribution in [1.82, 2.24) is 20.6 Å². The van der Waals surface area contributed by atoms with Gasteiger partial charge < -0.3 is 16.0 Å². The predicted octanol–water partition coefficient (Wildman–Crippen LogP) is 0.910. The van der Waals surface area contributed by atoms with Gasteiger partial charge in [0.1, 0.15) is 6.04 Å². The Morgan fingerprint density at radius 1 is 1.07 bits per heavy atom. The van der Waals surface area contributed by atoms with Crippen molar-refractivity contribution >= 4 is 29.5 Å². The van der Waals surface area contributed by atoms with E-state index in [2.05, 4.69) is 25.9 Å². The Morgan fingerprint density at radius 3 is 2.56 bits per heavy atom. The number of amides is 4. The highest BCUT2D eigenvalue weighted by Crippen LogP contribution is 2.20. The van der Waals surface area contributed by atoms with E-state index in [9.17, 15) is 14.4 Å². The predicted molar refractivity (Wildman–Crippen MR) is 99.0 cm³/mol. The van der Waals surface area contributed by atoms with Gasteiger partial charge >= 0.3 is 6.03 Å². The fourth-order valence-electron chi connectivity index (χ4n) is 2.68. The summed E-state index contributed by atoms with van der Waals surface area (Å²) < 4.78 is 0. The number of hydrogen-bond donors (Lipinski definition) is 3. The molecule has 1 fully saturated rings. The van der Waals surface area contributed by atoms with Gasteiger partial charge in [0, 0.05) is 31.9 Å². The van der Waals surface area contributed by atoms with Gasteiger partial charge in [-0.1, -0.05) is 18.2 Å². The number of nitrogens with zero attached hydrogens (tertiary/aromatic N) is 3. The fourth-order valence-corrected chi connectivity index (χ4v) is 2.68. The maximum absolute atomic E-state index is 12.4. The molecule has 2 aromatic rings. The summed E-state index contributed by atoms with van der Waals surface area (Å²) >= 11 is 0. The Hall–Kier alpha value is -3.49. The highest BCUT2D eigenvalue weighted by molar-refractivity contribution is 6.21. The van der Waals surface area contributed by atoms with Gasteiger partial charge in [0.05, 0.1) is 5.69 Å². The molecule has 3 N–H and O–H groups in total. The van der Waals surface area contributed by atoms with Gasteiger partial charge in [-0.05, 0) is 24.6 Å². The van der Waals surface area contributed by atoms with E-state index in [1.807, 2.05) is 6.07 Å². The van der Waals surface area contributed by atoms with Crippen LogP contribution in [0.5, 0.6) is 0 Å². The van der Waals surface area contributed by atoms with E-state index in [0.717, 1.165) is 4.90 Å². The number of hydrogen-bond acceptors (Lipinski definition) is 6. The SMILES string of the molecule is O=C(CCC1NC(=O)N(c2ccccc2)C1=O)NCCNc1ncccn1. The van der Waals surface area contributed by atoms with E-state index in [1.54, 1.807) is 42.7 Å². The average Bonchev–Trinajstić information content (AvgIpc) is 2.98. The first-order valence-electron chi connectivity index (χ1n) is 8.62. The zero-order valence-corrected chi connectivity index (χ0v) is 14.6. The minimum absolute atomic E-state index is 0.140. The van der Waals surface area contributed by atoms with Crippen LogP contribution in [-0.2, 0) is 9.59 Å². The number of carbonyl (C=O) groups is 3. The van der Waals surface area contributed by atoms with Crippen LogP contribution in [-0.4, -0.2) is 46.9 Å². The molecule has 1 saturated heterocycles. The summed E-state index contributed by atoms with van der Waals surface area (Å²) in [5.41, 5.74) is 0.515. The maximum Gasteiger partial charge on any atom is 0.329 e. The molecule has 3 rings (SSSR count). The summed E-state index contributed by atoms with van der Waals surface area (Å²) in [6, 6.07) is 9.25. The lowest BCUT2D eigenvalue weighted by Crippen LogP contribution is -2.33. The summed E-state index contributed by atoms with van der Waals surface area (Å²) in [5.74, 6) is -0.0418. The second-order valence-electron chi connectivity index (χ2n) is 5.90. The third kappa shape index (κ3) is 4.78. The fraction of sp³-hybridized carbons (Fsp3) is 0.278. The van der Waals surface area contributed by atoms with Crippen molar-refractivity contribution in [3.05, 3.63) is 48.8 Å².